The normalized spacial score (nSPS) is 14.6. The van der Waals surface area contributed by atoms with Crippen molar-refractivity contribution in [3.05, 3.63) is 48.3 Å². The maximum atomic E-state index is 5.71. The molecule has 0 saturated carbocycles. The zero-order valence-corrected chi connectivity index (χ0v) is 8.77. The second-order valence-corrected chi connectivity index (χ2v) is 3.38. The molecular formula is C13H14O2. The van der Waals surface area contributed by atoms with Crippen molar-refractivity contribution >= 4 is 0 Å². The van der Waals surface area contributed by atoms with Crippen molar-refractivity contribution in [3.63, 3.8) is 0 Å². The van der Waals surface area contributed by atoms with Crippen LogP contribution in [-0.2, 0) is 0 Å². The highest BCUT2D eigenvalue weighted by Crippen LogP contribution is 2.21. The molecule has 0 bridgehead atoms. The fourth-order valence-electron chi connectivity index (χ4n) is 1.46. The minimum atomic E-state index is 0.847. The van der Waals surface area contributed by atoms with Gasteiger partial charge in [0, 0.05) is 6.42 Å². The van der Waals surface area contributed by atoms with Crippen LogP contribution in [-0.4, -0.2) is 7.11 Å². The maximum Gasteiger partial charge on any atom is 0.127 e. The Balaban J connectivity index is 2.04. The van der Waals surface area contributed by atoms with E-state index in [2.05, 4.69) is 6.08 Å². The summed E-state index contributed by atoms with van der Waals surface area (Å²) in [5.74, 6) is 2.72. The molecule has 1 aliphatic carbocycles. The Bertz CT molecular complexity index is 374. The van der Waals surface area contributed by atoms with Gasteiger partial charge < -0.3 is 9.47 Å². The van der Waals surface area contributed by atoms with E-state index in [4.69, 9.17) is 9.47 Å². The van der Waals surface area contributed by atoms with E-state index >= 15 is 0 Å². The Morgan fingerprint density at radius 2 is 1.80 bits per heavy atom. The van der Waals surface area contributed by atoms with Crippen LogP contribution in [0.5, 0.6) is 11.5 Å². The summed E-state index contributed by atoms with van der Waals surface area (Å²) >= 11 is 0. The van der Waals surface area contributed by atoms with E-state index in [1.54, 1.807) is 7.11 Å². The van der Waals surface area contributed by atoms with Crippen LogP contribution in [0.4, 0.5) is 0 Å². The maximum absolute atomic E-state index is 5.71. The third kappa shape index (κ3) is 2.62. The van der Waals surface area contributed by atoms with E-state index in [0.29, 0.717) is 0 Å². The Labute approximate surface area is 89.8 Å². The summed E-state index contributed by atoms with van der Waals surface area (Å²) in [5.41, 5.74) is 0. The minimum Gasteiger partial charge on any atom is -0.497 e. The predicted octanol–water partition coefficient (Wildman–Crippen LogP) is 3.31. The first-order valence-corrected chi connectivity index (χ1v) is 5.06. The van der Waals surface area contributed by atoms with Gasteiger partial charge >= 0.3 is 0 Å². The summed E-state index contributed by atoms with van der Waals surface area (Å²) in [4.78, 5) is 0. The largest absolute Gasteiger partial charge is 0.497 e. The Morgan fingerprint density at radius 1 is 1.07 bits per heavy atom. The van der Waals surface area contributed by atoms with Crippen LogP contribution < -0.4 is 9.47 Å². The van der Waals surface area contributed by atoms with Crippen molar-refractivity contribution in [2.75, 3.05) is 7.11 Å². The molecule has 0 amide bonds. The molecule has 0 heterocycles. The first-order chi connectivity index (χ1) is 7.38. The highest BCUT2D eigenvalue weighted by Gasteiger charge is 2.02. The van der Waals surface area contributed by atoms with Gasteiger partial charge in [-0.1, -0.05) is 12.2 Å². The van der Waals surface area contributed by atoms with E-state index in [0.717, 1.165) is 30.1 Å². The molecule has 0 N–H and O–H groups in total. The molecule has 0 atom stereocenters. The Kier molecular flexibility index (Phi) is 3.08. The molecule has 15 heavy (non-hydrogen) atoms. The number of methoxy groups -OCH3 is 1. The second kappa shape index (κ2) is 4.69. The summed E-state index contributed by atoms with van der Waals surface area (Å²) in [6.45, 7) is 0. The number of allylic oxidation sites excluding steroid dienone is 4. The molecule has 0 fully saturated rings. The van der Waals surface area contributed by atoms with Gasteiger partial charge in [0.2, 0.25) is 0 Å². The van der Waals surface area contributed by atoms with Gasteiger partial charge in [-0.2, -0.15) is 0 Å². The molecule has 0 aromatic heterocycles. The highest BCUT2D eigenvalue weighted by atomic mass is 16.5. The van der Waals surface area contributed by atoms with Crippen molar-refractivity contribution in [2.24, 2.45) is 0 Å². The van der Waals surface area contributed by atoms with Crippen molar-refractivity contribution in [3.8, 4) is 11.5 Å². The molecule has 0 unspecified atom stereocenters. The molecule has 0 radical (unpaired) electrons. The van der Waals surface area contributed by atoms with Crippen LogP contribution in [0.2, 0.25) is 0 Å². The van der Waals surface area contributed by atoms with E-state index in [-0.39, 0.29) is 0 Å². The Morgan fingerprint density at radius 3 is 2.40 bits per heavy atom. The van der Waals surface area contributed by atoms with Crippen LogP contribution in [0, 0.1) is 0 Å². The highest BCUT2D eigenvalue weighted by molar-refractivity contribution is 5.32. The van der Waals surface area contributed by atoms with Gasteiger partial charge in [-0.15, -0.1) is 0 Å². The smallest absolute Gasteiger partial charge is 0.127 e. The molecule has 1 aromatic rings. The zero-order valence-electron chi connectivity index (χ0n) is 8.77. The average molecular weight is 202 g/mol. The van der Waals surface area contributed by atoms with E-state index in [1.165, 1.54) is 0 Å². The number of benzene rings is 1. The first-order valence-electron chi connectivity index (χ1n) is 5.06. The molecule has 2 nitrogen and oxygen atoms in total. The lowest BCUT2D eigenvalue weighted by molar-refractivity contribution is 0.396. The summed E-state index contributed by atoms with van der Waals surface area (Å²) in [5, 5.41) is 0. The molecule has 78 valence electrons. The van der Waals surface area contributed by atoms with Gasteiger partial charge in [-0.3, -0.25) is 0 Å². The van der Waals surface area contributed by atoms with Gasteiger partial charge in [0.15, 0.2) is 0 Å². The molecule has 0 aliphatic heterocycles. The van der Waals surface area contributed by atoms with Gasteiger partial charge in [0.05, 0.1) is 7.11 Å². The van der Waals surface area contributed by atoms with Crippen molar-refractivity contribution in [1.82, 2.24) is 0 Å². The van der Waals surface area contributed by atoms with E-state index in [9.17, 15) is 0 Å². The lowest BCUT2D eigenvalue weighted by Gasteiger charge is -2.11. The Hall–Kier alpha value is -1.70. The van der Waals surface area contributed by atoms with Crippen LogP contribution in [0.15, 0.2) is 48.3 Å². The summed E-state index contributed by atoms with van der Waals surface area (Å²) in [6, 6.07) is 7.62. The van der Waals surface area contributed by atoms with Crippen LogP contribution in [0.25, 0.3) is 0 Å². The number of ether oxygens (including phenoxy) is 2. The third-order valence-electron chi connectivity index (χ3n) is 2.28. The SMILES string of the molecule is COc1ccc(OC2=CC=CCC2)cc1. The van der Waals surface area contributed by atoms with Gasteiger partial charge in [-0.25, -0.2) is 0 Å². The molecule has 1 aromatic carbocycles. The molecule has 0 saturated heterocycles. The minimum absolute atomic E-state index is 0.847. The lowest BCUT2D eigenvalue weighted by atomic mass is 10.2. The van der Waals surface area contributed by atoms with Crippen molar-refractivity contribution in [2.45, 2.75) is 12.8 Å². The van der Waals surface area contributed by atoms with Crippen molar-refractivity contribution in [1.29, 1.82) is 0 Å². The predicted molar refractivity (Wildman–Crippen MR) is 60.1 cm³/mol. The zero-order chi connectivity index (χ0) is 10.5. The van der Waals surface area contributed by atoms with Crippen molar-refractivity contribution < 1.29 is 9.47 Å². The van der Waals surface area contributed by atoms with Crippen LogP contribution in [0.3, 0.4) is 0 Å². The van der Waals surface area contributed by atoms with E-state index in [1.807, 2.05) is 36.4 Å². The molecule has 1 aliphatic rings. The molecule has 0 spiro atoms. The summed E-state index contributed by atoms with van der Waals surface area (Å²) in [7, 11) is 1.66. The van der Waals surface area contributed by atoms with Gasteiger partial charge in [0.25, 0.3) is 0 Å². The van der Waals surface area contributed by atoms with E-state index < -0.39 is 0 Å². The monoisotopic (exact) mass is 202 g/mol. The molecule has 2 rings (SSSR count). The van der Waals surface area contributed by atoms with Gasteiger partial charge in [-0.05, 0) is 36.8 Å². The number of hydrogen-bond acceptors (Lipinski definition) is 2. The standard InChI is InChI=1S/C13H14O2/c1-14-11-7-9-13(10-8-11)15-12-5-3-2-4-6-12/h2-3,5,7-10H,4,6H2,1H3. The summed E-state index contributed by atoms with van der Waals surface area (Å²) in [6.07, 6.45) is 8.21. The van der Waals surface area contributed by atoms with Crippen LogP contribution >= 0.6 is 0 Å². The molecule has 2 heteroatoms. The topological polar surface area (TPSA) is 18.5 Å². The fraction of sp³-hybridized carbons (Fsp3) is 0.231. The molecular weight excluding hydrogens is 188 g/mol. The fourth-order valence-corrected chi connectivity index (χ4v) is 1.46. The summed E-state index contributed by atoms with van der Waals surface area (Å²) < 4.78 is 10.8. The first kappa shape index (κ1) is 9.84. The average Bonchev–Trinajstić information content (AvgIpc) is 2.31. The lowest BCUT2D eigenvalue weighted by Crippen LogP contribution is -1.97. The second-order valence-electron chi connectivity index (χ2n) is 3.38. The van der Waals surface area contributed by atoms with Gasteiger partial charge in [0.1, 0.15) is 17.3 Å². The number of hydrogen-bond donors (Lipinski definition) is 0. The third-order valence-corrected chi connectivity index (χ3v) is 2.28. The van der Waals surface area contributed by atoms with Crippen LogP contribution in [0.1, 0.15) is 12.8 Å². The quantitative estimate of drug-likeness (QED) is 0.748. The number of rotatable bonds is 3.